The summed E-state index contributed by atoms with van der Waals surface area (Å²) < 4.78 is 7.37. The van der Waals surface area contributed by atoms with Gasteiger partial charge in [-0.25, -0.2) is 9.59 Å². The Labute approximate surface area is 183 Å². The average Bonchev–Trinajstić information content (AvgIpc) is 3.25. The van der Waals surface area contributed by atoms with Crippen LogP contribution >= 0.6 is 0 Å². The molecule has 0 aliphatic heterocycles. The number of carbonyl (C=O) groups excluding carboxylic acids is 2. The van der Waals surface area contributed by atoms with Gasteiger partial charge in [0, 0.05) is 24.7 Å². The molecule has 2 heterocycles. The lowest BCUT2D eigenvalue weighted by atomic mass is 10.0. The van der Waals surface area contributed by atoms with Crippen LogP contribution in [0.1, 0.15) is 51.7 Å². The first kappa shape index (κ1) is 21.5. The van der Waals surface area contributed by atoms with Crippen LogP contribution in [0.2, 0.25) is 0 Å². The molecule has 1 aliphatic carbocycles. The van der Waals surface area contributed by atoms with E-state index in [1.165, 1.54) is 11.6 Å². The number of aromatic nitrogens is 3. The van der Waals surface area contributed by atoms with Gasteiger partial charge in [-0.15, -0.1) is 0 Å². The maximum atomic E-state index is 13.0. The van der Waals surface area contributed by atoms with Crippen molar-refractivity contribution >= 4 is 28.5 Å². The molecule has 1 aliphatic rings. The zero-order chi connectivity index (χ0) is 23.0. The molecule has 2 N–H and O–H groups in total. The second-order valence-corrected chi connectivity index (χ2v) is 7.84. The smallest absolute Gasteiger partial charge is 0.339 e. The summed E-state index contributed by atoms with van der Waals surface area (Å²) in [6.07, 6.45) is 2.97. The summed E-state index contributed by atoms with van der Waals surface area (Å²) in [6.45, 7) is 1.44. The van der Waals surface area contributed by atoms with Gasteiger partial charge in [-0.3, -0.25) is 23.7 Å². The van der Waals surface area contributed by atoms with Crippen LogP contribution in [0.5, 0.6) is 0 Å². The first-order chi connectivity index (χ1) is 15.3. The summed E-state index contributed by atoms with van der Waals surface area (Å²) in [5.74, 6) is -1.61. The first-order valence-electron chi connectivity index (χ1n) is 10.5. The summed E-state index contributed by atoms with van der Waals surface area (Å²) in [5.41, 5.74) is 7.04. The molecule has 9 nitrogen and oxygen atoms in total. The highest BCUT2D eigenvalue weighted by atomic mass is 16.5. The van der Waals surface area contributed by atoms with Crippen LogP contribution in [0, 0.1) is 0 Å². The minimum Gasteiger partial charge on any atom is -0.454 e. The predicted molar refractivity (Wildman–Crippen MR) is 119 cm³/mol. The third kappa shape index (κ3) is 3.49. The van der Waals surface area contributed by atoms with E-state index < -0.39 is 29.6 Å². The number of nitrogens with two attached hydrogens (primary N) is 1. The molecule has 0 bridgehead atoms. The number of ether oxygens (including phenoxy) is 1. The number of hydrogen-bond donors (Lipinski definition) is 1. The van der Waals surface area contributed by atoms with E-state index in [-0.39, 0.29) is 17.9 Å². The number of rotatable bonds is 6. The molecule has 9 heteroatoms. The van der Waals surface area contributed by atoms with Gasteiger partial charge in [0.15, 0.2) is 6.61 Å². The second kappa shape index (κ2) is 8.41. The lowest BCUT2D eigenvalue weighted by molar-refractivity contribution is 0.0475. The number of nitrogens with zero attached hydrogens (tertiary/aromatic N) is 3. The minimum atomic E-state index is -0.809. The van der Waals surface area contributed by atoms with E-state index in [1.54, 1.807) is 6.07 Å². The summed E-state index contributed by atoms with van der Waals surface area (Å²) in [4.78, 5) is 55.4. The average molecular weight is 436 g/mol. The Morgan fingerprint density at radius 1 is 1.16 bits per heavy atom. The van der Waals surface area contributed by atoms with Crippen molar-refractivity contribution in [1.29, 1.82) is 0 Å². The van der Waals surface area contributed by atoms with E-state index in [1.807, 2.05) is 25.1 Å². The fourth-order valence-electron chi connectivity index (χ4n) is 4.20. The van der Waals surface area contributed by atoms with Crippen LogP contribution in [-0.4, -0.2) is 32.5 Å². The van der Waals surface area contributed by atoms with Gasteiger partial charge < -0.3 is 10.5 Å². The van der Waals surface area contributed by atoms with Crippen molar-refractivity contribution < 1.29 is 14.3 Å². The SMILES string of the molecule is CCCn1c(N)c(C(=O)COC(=O)c2c3c(nc4ccccc24)CCC3)c(=O)n(C)c1=O. The number of ketones is 1. The molecule has 2 aromatic heterocycles. The van der Waals surface area contributed by atoms with E-state index in [4.69, 9.17) is 10.5 Å². The number of esters is 1. The number of benzene rings is 1. The van der Waals surface area contributed by atoms with Crippen LogP contribution in [0.15, 0.2) is 33.9 Å². The van der Waals surface area contributed by atoms with Gasteiger partial charge in [-0.05, 0) is 37.3 Å². The Hall–Kier alpha value is -3.75. The second-order valence-electron chi connectivity index (χ2n) is 7.84. The van der Waals surface area contributed by atoms with Crippen molar-refractivity contribution in [2.75, 3.05) is 12.3 Å². The predicted octanol–water partition coefficient (Wildman–Crippen LogP) is 1.62. The van der Waals surface area contributed by atoms with E-state index >= 15 is 0 Å². The lowest BCUT2D eigenvalue weighted by Crippen LogP contribution is -2.43. The molecule has 32 heavy (non-hydrogen) atoms. The van der Waals surface area contributed by atoms with E-state index in [2.05, 4.69) is 4.98 Å². The third-order valence-electron chi connectivity index (χ3n) is 5.77. The highest BCUT2D eigenvalue weighted by Gasteiger charge is 2.27. The van der Waals surface area contributed by atoms with Gasteiger partial charge in [0.05, 0.1) is 11.1 Å². The molecule has 0 radical (unpaired) electrons. The van der Waals surface area contributed by atoms with Crippen LogP contribution in [0.3, 0.4) is 0 Å². The van der Waals surface area contributed by atoms with Gasteiger partial charge in [0.1, 0.15) is 11.4 Å². The molecule has 0 unspecified atom stereocenters. The molecule has 4 rings (SSSR count). The molecular formula is C23H24N4O5. The number of hydrogen-bond acceptors (Lipinski definition) is 7. The lowest BCUT2D eigenvalue weighted by Gasteiger charge is -2.14. The third-order valence-corrected chi connectivity index (χ3v) is 5.77. The number of para-hydroxylation sites is 1. The quantitative estimate of drug-likeness (QED) is 0.459. The van der Waals surface area contributed by atoms with E-state index in [9.17, 15) is 19.2 Å². The van der Waals surface area contributed by atoms with Crippen molar-refractivity contribution in [3.05, 3.63) is 67.5 Å². The van der Waals surface area contributed by atoms with Gasteiger partial charge >= 0.3 is 11.7 Å². The number of pyridine rings is 1. The summed E-state index contributed by atoms with van der Waals surface area (Å²) in [6, 6.07) is 7.29. The zero-order valence-corrected chi connectivity index (χ0v) is 18.0. The maximum Gasteiger partial charge on any atom is 0.339 e. The number of nitrogen functional groups attached to an aromatic ring is 1. The molecular weight excluding hydrogens is 412 g/mol. The molecule has 0 spiro atoms. The van der Waals surface area contributed by atoms with Crippen LogP contribution in [0.4, 0.5) is 5.82 Å². The van der Waals surface area contributed by atoms with E-state index in [0.717, 1.165) is 28.7 Å². The highest BCUT2D eigenvalue weighted by Crippen LogP contribution is 2.30. The molecule has 0 saturated heterocycles. The monoisotopic (exact) mass is 436 g/mol. The van der Waals surface area contributed by atoms with Crippen molar-refractivity contribution in [3.8, 4) is 0 Å². The number of anilines is 1. The van der Waals surface area contributed by atoms with Crippen LogP contribution < -0.4 is 17.0 Å². The Balaban J connectivity index is 1.67. The van der Waals surface area contributed by atoms with Crippen LogP contribution in [-0.2, 0) is 31.2 Å². The van der Waals surface area contributed by atoms with Crippen LogP contribution in [0.25, 0.3) is 10.9 Å². The van der Waals surface area contributed by atoms with Crippen molar-refractivity contribution in [3.63, 3.8) is 0 Å². The molecule has 3 aromatic rings. The largest absolute Gasteiger partial charge is 0.454 e. The topological polar surface area (TPSA) is 126 Å². The van der Waals surface area contributed by atoms with Gasteiger partial charge in [0.2, 0.25) is 5.78 Å². The maximum absolute atomic E-state index is 13.0. The Kier molecular flexibility index (Phi) is 5.65. The molecule has 0 saturated carbocycles. The van der Waals surface area contributed by atoms with Crippen molar-refractivity contribution in [1.82, 2.24) is 14.1 Å². The standard InChI is InChI=1S/C23H24N4O5/c1-3-11-27-20(24)19(21(29)26(2)23(27)31)17(28)12-32-22(30)18-13-7-4-5-9-15(13)25-16-10-6-8-14(16)18/h4-5,7,9H,3,6,8,10-12,24H2,1-2H3. The van der Waals surface area contributed by atoms with Gasteiger partial charge in [-0.1, -0.05) is 25.1 Å². The summed E-state index contributed by atoms with van der Waals surface area (Å²) >= 11 is 0. The number of Topliss-reactive ketones (excluding diaryl/α,β-unsaturated/α-hetero) is 1. The molecule has 0 amide bonds. The van der Waals surface area contributed by atoms with Gasteiger partial charge in [-0.2, -0.15) is 0 Å². The fraction of sp³-hybridized carbons (Fsp3) is 0.348. The number of aryl methyl sites for hydroxylation is 1. The van der Waals surface area contributed by atoms with Gasteiger partial charge in [0.25, 0.3) is 5.56 Å². The van der Waals surface area contributed by atoms with Crippen molar-refractivity contribution in [2.45, 2.75) is 39.2 Å². The summed E-state index contributed by atoms with van der Waals surface area (Å²) in [7, 11) is 1.28. The normalized spacial score (nSPS) is 12.7. The molecule has 0 atom stereocenters. The molecule has 166 valence electrons. The van der Waals surface area contributed by atoms with Crippen molar-refractivity contribution in [2.24, 2.45) is 7.05 Å². The molecule has 0 fully saturated rings. The molecule has 1 aromatic carbocycles. The summed E-state index contributed by atoms with van der Waals surface area (Å²) in [5, 5.41) is 0.664. The highest BCUT2D eigenvalue weighted by molar-refractivity contribution is 6.07. The first-order valence-corrected chi connectivity index (χ1v) is 10.5. The fourth-order valence-corrected chi connectivity index (χ4v) is 4.20. The number of carbonyl (C=O) groups is 2. The Bertz CT molecular complexity index is 1370. The zero-order valence-electron chi connectivity index (χ0n) is 18.0. The Morgan fingerprint density at radius 3 is 2.66 bits per heavy atom. The Morgan fingerprint density at radius 2 is 1.91 bits per heavy atom. The van der Waals surface area contributed by atoms with E-state index in [0.29, 0.717) is 29.3 Å². The minimum absolute atomic E-state index is 0.212. The number of fused-ring (bicyclic) bond motifs is 2.